The molecule has 0 radical (unpaired) electrons. The number of alkyl halides is 2. The third-order valence-electron chi connectivity index (χ3n) is 0.644. The molecule has 0 saturated carbocycles. The van der Waals surface area contributed by atoms with E-state index in [4.69, 9.17) is 0 Å². The minimum Gasteiger partial charge on any atom is -0.529 e. The molecule has 0 bridgehead atoms. The van der Waals surface area contributed by atoms with Crippen LogP contribution in [0.5, 0.6) is 0 Å². The Morgan fingerprint density at radius 3 is 2.42 bits per heavy atom. The van der Waals surface area contributed by atoms with Gasteiger partial charge in [-0.25, -0.2) is 0 Å². The van der Waals surface area contributed by atoms with Crippen molar-refractivity contribution in [3.63, 3.8) is 0 Å². The lowest BCUT2D eigenvalue weighted by atomic mass is 10.7. The van der Waals surface area contributed by atoms with Gasteiger partial charge in [0.25, 0.3) is 5.91 Å². The van der Waals surface area contributed by atoms with E-state index in [0.717, 1.165) is 0 Å². The number of hydrogen-bond acceptors (Lipinski definition) is 4. The number of carboxylic acid groups (broad SMARTS) is 1. The van der Waals surface area contributed by atoms with Gasteiger partial charge in [-0.15, -0.1) is 0 Å². The predicted octanol–water partition coefficient (Wildman–Crippen LogP) is -1.81. The van der Waals surface area contributed by atoms with Gasteiger partial charge in [-0.05, 0) is 0 Å². The maximum absolute atomic E-state index is 11.2. The smallest absolute Gasteiger partial charge is 0.345 e. The van der Waals surface area contributed by atoms with Crippen LogP contribution in [-0.2, 0) is 9.53 Å². The van der Waals surface area contributed by atoms with E-state index in [-0.39, 0.29) is 0 Å². The number of hydrazine groups is 1. The van der Waals surface area contributed by atoms with Gasteiger partial charge in [-0.1, -0.05) is 0 Å². The number of halogens is 2. The fourth-order valence-electron chi connectivity index (χ4n) is 0.296. The average molecular weight is 183 g/mol. The number of carbonyl (C=O) groups is 2. The second-order valence-electron chi connectivity index (χ2n) is 1.53. The molecule has 0 fully saturated rings. The van der Waals surface area contributed by atoms with Gasteiger partial charge in [0.05, 0.1) is 0 Å². The molecular weight excluding hydrogens is 178 g/mol. The molecule has 0 aromatic heterocycles. The molecule has 0 heterocycles. The third-order valence-corrected chi connectivity index (χ3v) is 0.644. The van der Waals surface area contributed by atoms with E-state index in [1.165, 1.54) is 10.9 Å². The molecule has 70 valence electrons. The highest BCUT2D eigenvalue weighted by Crippen LogP contribution is 1.92. The molecule has 0 spiro atoms. The lowest BCUT2D eigenvalue weighted by molar-refractivity contribution is -0.252. The lowest BCUT2D eigenvalue weighted by Gasteiger charge is -2.07. The minimum absolute atomic E-state index is 0.933. The molecule has 2 N–H and O–H groups in total. The van der Waals surface area contributed by atoms with Crippen LogP contribution in [0, 0.1) is 0 Å². The Labute approximate surface area is 65.5 Å². The normalized spacial score (nSPS) is 9.58. The first-order valence-electron chi connectivity index (χ1n) is 2.68. The highest BCUT2D eigenvalue weighted by molar-refractivity contribution is 5.79. The first kappa shape index (κ1) is 10.6. The molecule has 0 aromatic rings. The van der Waals surface area contributed by atoms with Gasteiger partial charge < -0.3 is 14.6 Å². The van der Waals surface area contributed by atoms with Gasteiger partial charge in [0.2, 0.25) is 0 Å². The van der Waals surface area contributed by atoms with E-state index in [2.05, 4.69) is 4.74 Å². The van der Waals surface area contributed by atoms with Crippen LogP contribution < -0.4 is 16.0 Å². The summed E-state index contributed by atoms with van der Waals surface area (Å²) in [5.74, 6) is -1.04. The average Bonchev–Trinajstić information content (AvgIpc) is 1.96. The number of nitrogens with one attached hydrogen (secondary N) is 2. The molecule has 8 heteroatoms. The predicted molar refractivity (Wildman–Crippen MR) is 28.6 cm³/mol. The van der Waals surface area contributed by atoms with Crippen LogP contribution in [0.2, 0.25) is 0 Å². The summed E-state index contributed by atoms with van der Waals surface area (Å²) in [7, 11) is 0. The van der Waals surface area contributed by atoms with E-state index in [0.29, 0.717) is 0 Å². The molecule has 0 saturated heterocycles. The molecule has 0 atom stereocenters. The van der Waals surface area contributed by atoms with Gasteiger partial charge in [-0.3, -0.25) is 15.6 Å². The van der Waals surface area contributed by atoms with Crippen molar-refractivity contribution >= 4 is 12.0 Å². The van der Waals surface area contributed by atoms with Crippen LogP contribution in [0.3, 0.4) is 0 Å². The fraction of sp³-hybridized carbons (Fsp3) is 0.500. The van der Waals surface area contributed by atoms with Crippen LogP contribution in [0.1, 0.15) is 0 Å². The summed E-state index contributed by atoms with van der Waals surface area (Å²) >= 11 is 0. The fourth-order valence-corrected chi connectivity index (χ4v) is 0.296. The molecule has 0 aromatic carbocycles. The molecule has 6 nitrogen and oxygen atoms in total. The summed E-state index contributed by atoms with van der Waals surface area (Å²) in [6, 6.07) is 0. The number of rotatable bonds is 3. The lowest BCUT2D eigenvalue weighted by Crippen LogP contribution is -2.49. The zero-order valence-corrected chi connectivity index (χ0v) is 5.67. The van der Waals surface area contributed by atoms with Crippen LogP contribution in [0.25, 0.3) is 0 Å². The molecule has 12 heavy (non-hydrogen) atoms. The van der Waals surface area contributed by atoms with E-state index < -0.39 is 25.2 Å². The second-order valence-corrected chi connectivity index (χ2v) is 1.53. The largest absolute Gasteiger partial charge is 0.529 e. The van der Waals surface area contributed by atoms with Crippen molar-refractivity contribution < 1.29 is 28.2 Å². The Kier molecular flexibility index (Phi) is 4.61. The van der Waals surface area contributed by atoms with E-state index in [9.17, 15) is 23.5 Å². The number of hydrogen-bond donors (Lipinski definition) is 2. The van der Waals surface area contributed by atoms with Gasteiger partial charge >= 0.3 is 6.61 Å². The van der Waals surface area contributed by atoms with Gasteiger partial charge in [0.1, 0.15) is 6.61 Å². The van der Waals surface area contributed by atoms with Crippen LogP contribution >= 0.6 is 0 Å². The summed E-state index contributed by atoms with van der Waals surface area (Å²) in [4.78, 5) is 19.9. The summed E-state index contributed by atoms with van der Waals surface area (Å²) in [5.41, 5.74) is 2.88. The number of amides is 2. The van der Waals surface area contributed by atoms with Crippen LogP contribution in [0.4, 0.5) is 13.6 Å². The summed E-state index contributed by atoms with van der Waals surface area (Å²) < 4.78 is 26.0. The summed E-state index contributed by atoms with van der Waals surface area (Å²) in [5, 5.41) is 9.62. The molecule has 0 aliphatic carbocycles. The van der Waals surface area contributed by atoms with E-state index in [1.807, 2.05) is 0 Å². The molecular formula is C4H5F2N2O4-. The Balaban J connectivity index is 3.40. The summed E-state index contributed by atoms with van der Waals surface area (Å²) in [6.45, 7) is -4.00. The molecule has 0 aliphatic heterocycles. The first-order chi connectivity index (χ1) is 5.52. The van der Waals surface area contributed by atoms with Crippen molar-refractivity contribution in [3.05, 3.63) is 0 Å². The topological polar surface area (TPSA) is 90.5 Å². The van der Waals surface area contributed by atoms with Crippen molar-refractivity contribution in [1.82, 2.24) is 10.9 Å². The Morgan fingerprint density at radius 2 is 2.00 bits per heavy atom. The Morgan fingerprint density at radius 1 is 1.42 bits per heavy atom. The minimum atomic E-state index is -3.07. The maximum Gasteiger partial charge on any atom is 0.345 e. The van der Waals surface area contributed by atoms with E-state index in [1.54, 1.807) is 0 Å². The third kappa shape index (κ3) is 6.68. The quantitative estimate of drug-likeness (QED) is 0.504. The van der Waals surface area contributed by atoms with E-state index >= 15 is 0 Å². The highest BCUT2D eigenvalue weighted by Gasteiger charge is 2.06. The van der Waals surface area contributed by atoms with Gasteiger partial charge in [0.15, 0.2) is 6.09 Å². The standard InChI is InChI=1S/C4H6F2N2O4/c5-3(6)12-1-2(9)7-8-4(10)11/h3,8H,1H2,(H,7,9)(H,10,11)/p-1. The SMILES string of the molecule is O=C([O-])NNC(=O)COC(F)F. The van der Waals surface area contributed by atoms with Crippen molar-refractivity contribution in [2.24, 2.45) is 0 Å². The Hall–Kier alpha value is -1.44. The van der Waals surface area contributed by atoms with Gasteiger partial charge in [-0.2, -0.15) is 8.78 Å². The van der Waals surface area contributed by atoms with Crippen LogP contribution in [-0.4, -0.2) is 25.2 Å². The van der Waals surface area contributed by atoms with Gasteiger partial charge in [0, 0.05) is 0 Å². The monoisotopic (exact) mass is 183 g/mol. The van der Waals surface area contributed by atoms with Crippen molar-refractivity contribution in [1.29, 1.82) is 0 Å². The molecule has 0 aliphatic rings. The van der Waals surface area contributed by atoms with Crippen LogP contribution in [0.15, 0.2) is 0 Å². The maximum atomic E-state index is 11.2. The van der Waals surface area contributed by atoms with Crippen molar-refractivity contribution in [2.75, 3.05) is 6.61 Å². The zero-order valence-electron chi connectivity index (χ0n) is 5.67. The Bertz CT molecular complexity index is 174. The van der Waals surface area contributed by atoms with Crippen molar-refractivity contribution in [2.45, 2.75) is 6.61 Å². The molecule has 0 unspecified atom stereocenters. The molecule has 2 amide bonds. The summed E-state index contributed by atoms with van der Waals surface area (Å²) in [6.07, 6.45) is -1.75. The number of ether oxygens (including phenoxy) is 1. The second kappa shape index (κ2) is 5.24. The first-order valence-corrected chi connectivity index (χ1v) is 2.68. The number of carbonyl (C=O) groups excluding carboxylic acids is 2. The zero-order chi connectivity index (χ0) is 9.56. The molecule has 0 rings (SSSR count). The highest BCUT2D eigenvalue weighted by atomic mass is 19.3. The van der Waals surface area contributed by atoms with Crippen molar-refractivity contribution in [3.8, 4) is 0 Å².